The van der Waals surface area contributed by atoms with Crippen LogP contribution >= 0.6 is 0 Å². The highest BCUT2D eigenvalue weighted by Gasteiger charge is 2.38. The molecule has 0 unspecified atom stereocenters. The van der Waals surface area contributed by atoms with Gasteiger partial charge in [-0.05, 0) is 37.1 Å². The van der Waals surface area contributed by atoms with E-state index in [1.807, 2.05) is 19.2 Å². The number of carboxylic acid groups (broad SMARTS) is 1. The van der Waals surface area contributed by atoms with Gasteiger partial charge in [0.25, 0.3) is 5.91 Å². The first kappa shape index (κ1) is 29.1. The summed E-state index contributed by atoms with van der Waals surface area (Å²) in [5.74, 6) is -3.01. The number of hydrogen-bond donors (Lipinski definition) is 3. The maximum Gasteiger partial charge on any atom is 0.490 e. The van der Waals surface area contributed by atoms with Gasteiger partial charge in [0.05, 0.1) is 16.8 Å². The Kier molecular flexibility index (Phi) is 8.58. The number of amides is 1. The van der Waals surface area contributed by atoms with Crippen LogP contribution in [0.5, 0.6) is 0 Å². The van der Waals surface area contributed by atoms with Crippen molar-refractivity contribution in [3.63, 3.8) is 0 Å². The molecule has 0 aliphatic heterocycles. The minimum Gasteiger partial charge on any atom is -0.475 e. The number of imidazole rings is 1. The van der Waals surface area contributed by atoms with Gasteiger partial charge in [-0.2, -0.15) is 18.3 Å². The maximum absolute atomic E-state index is 12.7. The molecule has 4 N–H and O–H groups in total. The fourth-order valence-electron chi connectivity index (χ4n) is 3.39. The lowest BCUT2D eigenvalue weighted by atomic mass is 10.1. The van der Waals surface area contributed by atoms with Crippen molar-refractivity contribution >= 4 is 33.2 Å². The molecular weight excluding hydrogens is 543 g/mol. The Morgan fingerprint density at radius 3 is 2.51 bits per heavy atom. The van der Waals surface area contributed by atoms with Crippen molar-refractivity contribution in [1.82, 2.24) is 29.5 Å². The number of hydrogen-bond acceptors (Lipinski definition) is 8. The summed E-state index contributed by atoms with van der Waals surface area (Å²) in [5.41, 5.74) is 8.75. The Labute approximate surface area is 220 Å². The number of benzene rings is 1. The van der Waals surface area contributed by atoms with E-state index in [2.05, 4.69) is 20.4 Å². The number of aliphatic carboxylic acids is 1. The second kappa shape index (κ2) is 11.5. The lowest BCUT2D eigenvalue weighted by molar-refractivity contribution is -0.192. The summed E-state index contributed by atoms with van der Waals surface area (Å²) >= 11 is 0. The molecule has 4 rings (SSSR count). The molecule has 0 fully saturated rings. The van der Waals surface area contributed by atoms with Crippen LogP contribution in [-0.4, -0.2) is 68.5 Å². The Balaban J connectivity index is 0.000000532. The number of nitrogens with two attached hydrogens (primary N) is 1. The number of rotatable bonds is 7. The zero-order valence-electron chi connectivity index (χ0n) is 20.7. The number of aromatic nitrogens is 5. The number of carbonyl (C=O) groups excluding carboxylic acids is 1. The average molecular weight is 568 g/mol. The summed E-state index contributed by atoms with van der Waals surface area (Å²) in [6.45, 7) is 3.01. The van der Waals surface area contributed by atoms with Crippen molar-refractivity contribution in [3.8, 4) is 11.3 Å². The van der Waals surface area contributed by atoms with E-state index >= 15 is 0 Å². The van der Waals surface area contributed by atoms with Crippen molar-refractivity contribution in [2.45, 2.75) is 31.0 Å². The van der Waals surface area contributed by atoms with E-state index in [0.717, 1.165) is 11.8 Å². The molecule has 39 heavy (non-hydrogen) atoms. The van der Waals surface area contributed by atoms with Crippen LogP contribution in [0.2, 0.25) is 0 Å². The molecule has 208 valence electrons. The van der Waals surface area contributed by atoms with Gasteiger partial charge in [-0.1, -0.05) is 6.07 Å². The number of aryl methyl sites for hydroxylation is 2. The normalized spacial score (nSPS) is 11.6. The number of nitrogens with one attached hydrogen (secondary N) is 1. The van der Waals surface area contributed by atoms with Crippen LogP contribution in [0.4, 0.5) is 19.0 Å². The Hall–Kier alpha value is -4.47. The van der Waals surface area contributed by atoms with Gasteiger partial charge < -0.3 is 16.2 Å². The van der Waals surface area contributed by atoms with E-state index in [0.29, 0.717) is 36.4 Å². The van der Waals surface area contributed by atoms with Gasteiger partial charge >= 0.3 is 12.1 Å². The topological polar surface area (TPSA) is 175 Å². The van der Waals surface area contributed by atoms with Crippen LogP contribution < -0.4 is 11.1 Å². The predicted molar refractivity (Wildman–Crippen MR) is 134 cm³/mol. The van der Waals surface area contributed by atoms with Crippen molar-refractivity contribution in [2.75, 3.05) is 18.5 Å². The van der Waals surface area contributed by atoms with E-state index in [4.69, 9.17) is 15.6 Å². The van der Waals surface area contributed by atoms with Crippen LogP contribution in [-0.2, 0) is 21.2 Å². The third-order valence-electron chi connectivity index (χ3n) is 5.32. The molecule has 16 heteroatoms. The largest absolute Gasteiger partial charge is 0.490 e. The molecule has 12 nitrogen and oxygen atoms in total. The molecule has 3 aromatic heterocycles. The number of alkyl halides is 3. The standard InChI is InChI=1S/C21H23N7O3S.C2HF3O2/c1-14-5-6-15(32(2,30)31)11-16(14)18-12-24-20-19(22)26-17(13-28(18)20)21(29)23-7-3-9-27-10-4-8-25-27;3-2(4,5)1(6)7/h4-6,8,10-13H,3,7,9H2,1-2H3,(H2,22,26)(H,23,29);(H,6,7). The molecule has 0 radical (unpaired) electrons. The Morgan fingerprint density at radius 1 is 1.23 bits per heavy atom. The molecule has 3 heterocycles. The van der Waals surface area contributed by atoms with Crippen LogP contribution in [0.1, 0.15) is 22.5 Å². The second-order valence-electron chi connectivity index (χ2n) is 8.28. The number of nitrogen functional groups attached to an aromatic ring is 1. The zero-order chi connectivity index (χ0) is 29.0. The van der Waals surface area contributed by atoms with E-state index in [1.54, 1.807) is 45.9 Å². The van der Waals surface area contributed by atoms with Crippen LogP contribution in [0.3, 0.4) is 0 Å². The summed E-state index contributed by atoms with van der Waals surface area (Å²) < 4.78 is 59.2. The first-order valence-corrected chi connectivity index (χ1v) is 13.1. The van der Waals surface area contributed by atoms with Gasteiger partial charge in [0.15, 0.2) is 21.3 Å². The minimum atomic E-state index is -5.08. The molecule has 0 saturated carbocycles. The molecule has 1 aromatic carbocycles. The number of carboxylic acids is 1. The Morgan fingerprint density at radius 2 is 1.92 bits per heavy atom. The quantitative estimate of drug-likeness (QED) is 0.283. The zero-order valence-corrected chi connectivity index (χ0v) is 21.5. The van der Waals surface area contributed by atoms with Gasteiger partial charge in [0.1, 0.15) is 5.69 Å². The van der Waals surface area contributed by atoms with Crippen LogP contribution in [0.25, 0.3) is 16.9 Å². The fraction of sp³-hybridized carbons (Fsp3) is 0.261. The third-order valence-corrected chi connectivity index (χ3v) is 6.43. The molecule has 4 aromatic rings. The summed E-state index contributed by atoms with van der Waals surface area (Å²) in [5, 5.41) is 14.1. The van der Waals surface area contributed by atoms with Gasteiger partial charge in [0.2, 0.25) is 0 Å². The van der Waals surface area contributed by atoms with Crippen molar-refractivity contribution < 1.29 is 36.3 Å². The SMILES string of the molecule is Cc1ccc(S(C)(=O)=O)cc1-c1cnc2c(N)nc(C(=O)NCCCn3cccn3)cn12.O=C(O)C(F)(F)F. The number of halogens is 3. The highest BCUT2D eigenvalue weighted by Crippen LogP contribution is 2.28. The van der Waals surface area contributed by atoms with Gasteiger partial charge in [-0.15, -0.1) is 0 Å². The number of anilines is 1. The van der Waals surface area contributed by atoms with E-state index < -0.39 is 22.0 Å². The van der Waals surface area contributed by atoms with Gasteiger partial charge in [-0.3, -0.25) is 13.9 Å². The fourth-order valence-corrected chi connectivity index (χ4v) is 4.04. The lowest BCUT2D eigenvalue weighted by Gasteiger charge is -2.10. The maximum atomic E-state index is 12.7. The summed E-state index contributed by atoms with van der Waals surface area (Å²) in [7, 11) is -3.38. The highest BCUT2D eigenvalue weighted by molar-refractivity contribution is 7.90. The van der Waals surface area contributed by atoms with Crippen molar-refractivity contribution in [1.29, 1.82) is 0 Å². The summed E-state index contributed by atoms with van der Waals surface area (Å²) in [6.07, 6.45) is 3.50. The summed E-state index contributed by atoms with van der Waals surface area (Å²) in [6, 6.07) is 6.74. The summed E-state index contributed by atoms with van der Waals surface area (Å²) in [4.78, 5) is 30.3. The Bertz CT molecular complexity index is 1600. The van der Waals surface area contributed by atoms with Crippen molar-refractivity contribution in [2.24, 2.45) is 0 Å². The molecule has 0 atom stereocenters. The third kappa shape index (κ3) is 7.31. The predicted octanol–water partition coefficient (Wildman–Crippen LogP) is 2.34. The molecule has 0 bridgehead atoms. The van der Waals surface area contributed by atoms with E-state index in [1.165, 1.54) is 0 Å². The number of nitrogens with zero attached hydrogens (tertiary/aromatic N) is 5. The average Bonchev–Trinajstić information content (AvgIpc) is 3.51. The highest BCUT2D eigenvalue weighted by atomic mass is 32.2. The minimum absolute atomic E-state index is 0.109. The molecule has 0 aliphatic rings. The lowest BCUT2D eigenvalue weighted by Crippen LogP contribution is -2.27. The molecule has 0 aliphatic carbocycles. The second-order valence-corrected chi connectivity index (χ2v) is 10.3. The van der Waals surface area contributed by atoms with E-state index in [9.17, 15) is 26.4 Å². The van der Waals surface area contributed by atoms with Crippen LogP contribution in [0.15, 0.2) is 53.9 Å². The van der Waals surface area contributed by atoms with Crippen LogP contribution in [0, 0.1) is 6.92 Å². The number of carbonyl (C=O) groups is 2. The molecule has 0 saturated heterocycles. The van der Waals surface area contributed by atoms with Crippen molar-refractivity contribution in [3.05, 3.63) is 60.3 Å². The van der Waals surface area contributed by atoms with E-state index in [-0.39, 0.29) is 22.3 Å². The van der Waals surface area contributed by atoms with Gasteiger partial charge in [-0.25, -0.2) is 23.2 Å². The molecular formula is C23H24F3N7O5S. The first-order valence-electron chi connectivity index (χ1n) is 11.2. The smallest absolute Gasteiger partial charge is 0.475 e. The number of fused-ring (bicyclic) bond motifs is 1. The molecule has 0 spiro atoms. The monoisotopic (exact) mass is 567 g/mol. The number of sulfone groups is 1. The van der Waals surface area contributed by atoms with Gasteiger partial charge in [0, 0.05) is 43.5 Å². The first-order chi connectivity index (χ1) is 18.2. The molecule has 1 amide bonds.